The molecule has 5 heteroatoms. The van der Waals surface area contributed by atoms with Crippen LogP contribution in [0.3, 0.4) is 0 Å². The van der Waals surface area contributed by atoms with Crippen LogP contribution < -0.4 is 0 Å². The average molecular weight is 246 g/mol. The Kier molecular flexibility index (Phi) is 4.39. The fourth-order valence-electron chi connectivity index (χ4n) is 1.34. The number of hydrogen-bond donors (Lipinski definition) is 0. The van der Waals surface area contributed by atoms with Gasteiger partial charge in [0.2, 0.25) is 0 Å². The van der Waals surface area contributed by atoms with Crippen molar-refractivity contribution in [1.82, 2.24) is 0 Å². The zero-order valence-electron chi connectivity index (χ0n) is 10.3. The van der Waals surface area contributed by atoms with Crippen molar-refractivity contribution in [3.63, 3.8) is 0 Å². The van der Waals surface area contributed by atoms with Crippen LogP contribution >= 0.6 is 0 Å². The molecule has 0 aromatic rings. The van der Waals surface area contributed by atoms with Crippen LogP contribution in [0.1, 0.15) is 41.0 Å². The van der Waals surface area contributed by atoms with Gasteiger partial charge in [-0.15, -0.1) is 0 Å². The third-order valence-electron chi connectivity index (χ3n) is 3.11. The zero-order chi connectivity index (χ0) is 13.4. The van der Waals surface area contributed by atoms with E-state index in [4.69, 9.17) is 0 Å². The molecule has 0 saturated heterocycles. The largest absolute Gasteiger partial charge is 0.394 e. The third-order valence-corrected chi connectivity index (χ3v) is 3.11. The summed E-state index contributed by atoms with van der Waals surface area (Å²) in [6.07, 6.45) is -5.77. The molecule has 1 atom stereocenters. The molecule has 0 aliphatic rings. The summed E-state index contributed by atoms with van der Waals surface area (Å²) in [4.78, 5) is 0. The van der Waals surface area contributed by atoms with Crippen LogP contribution in [-0.2, 0) is 0 Å². The summed E-state index contributed by atoms with van der Waals surface area (Å²) >= 11 is 0. The van der Waals surface area contributed by atoms with Gasteiger partial charge >= 0.3 is 6.18 Å². The molecule has 0 rings (SSSR count). The van der Waals surface area contributed by atoms with Crippen LogP contribution in [0, 0.1) is 17.3 Å². The fourth-order valence-corrected chi connectivity index (χ4v) is 1.34. The molecule has 0 spiro atoms. The van der Waals surface area contributed by atoms with Crippen LogP contribution in [-0.4, -0.2) is 12.1 Å². The van der Waals surface area contributed by atoms with Crippen LogP contribution in [0.5, 0.6) is 0 Å². The second-order valence-electron chi connectivity index (χ2n) is 5.35. The monoisotopic (exact) mass is 246 g/mol. The molecule has 1 unspecified atom stereocenters. The standard InChI is InChI=1S/C11H19F5/c1-7(2)8(3)10(12,13)6-9(4,5)11(14,15)16/h7-8H,6H2,1-5H3. The Hall–Kier alpha value is -0.350. The maximum atomic E-state index is 13.6. The van der Waals surface area contributed by atoms with Gasteiger partial charge in [0.15, 0.2) is 0 Å². The number of halogens is 5. The highest BCUT2D eigenvalue weighted by atomic mass is 19.4. The van der Waals surface area contributed by atoms with E-state index in [1.54, 1.807) is 13.8 Å². The molecule has 16 heavy (non-hydrogen) atoms. The van der Waals surface area contributed by atoms with Crippen molar-refractivity contribution in [2.75, 3.05) is 0 Å². The Morgan fingerprint density at radius 2 is 1.25 bits per heavy atom. The first-order chi connectivity index (χ1) is 6.81. The van der Waals surface area contributed by atoms with Crippen molar-refractivity contribution >= 4 is 0 Å². The molecule has 98 valence electrons. The maximum absolute atomic E-state index is 13.6. The topological polar surface area (TPSA) is 0 Å². The Balaban J connectivity index is 4.84. The first-order valence-corrected chi connectivity index (χ1v) is 5.26. The molecule has 0 aromatic heterocycles. The normalized spacial score (nSPS) is 16.7. The number of rotatable bonds is 4. The first-order valence-electron chi connectivity index (χ1n) is 5.26. The zero-order valence-corrected chi connectivity index (χ0v) is 10.3. The Labute approximate surface area is 93.2 Å². The van der Waals surface area contributed by atoms with Crippen molar-refractivity contribution in [3.05, 3.63) is 0 Å². The summed E-state index contributed by atoms with van der Waals surface area (Å²) in [7, 11) is 0. The lowest BCUT2D eigenvalue weighted by Gasteiger charge is -2.35. The molecule has 0 amide bonds. The van der Waals surface area contributed by atoms with E-state index >= 15 is 0 Å². The lowest BCUT2D eigenvalue weighted by atomic mass is 9.79. The smallest absolute Gasteiger partial charge is 0.207 e. The molecular formula is C11H19F5. The second kappa shape index (κ2) is 4.49. The summed E-state index contributed by atoms with van der Waals surface area (Å²) in [5, 5.41) is 0. The van der Waals surface area contributed by atoms with Gasteiger partial charge in [-0.2, -0.15) is 13.2 Å². The third kappa shape index (κ3) is 3.59. The van der Waals surface area contributed by atoms with Crippen LogP contribution in [0.2, 0.25) is 0 Å². The molecule has 0 fully saturated rings. The van der Waals surface area contributed by atoms with Gasteiger partial charge in [-0.3, -0.25) is 0 Å². The molecule has 0 aliphatic carbocycles. The van der Waals surface area contributed by atoms with E-state index in [0.29, 0.717) is 0 Å². The SMILES string of the molecule is CC(C)C(C)C(F)(F)CC(C)(C)C(F)(F)F. The number of alkyl halides is 5. The molecule has 0 radical (unpaired) electrons. The van der Waals surface area contributed by atoms with E-state index in [0.717, 1.165) is 13.8 Å². The minimum absolute atomic E-state index is 0.348. The van der Waals surface area contributed by atoms with E-state index in [-0.39, 0.29) is 5.92 Å². The van der Waals surface area contributed by atoms with Crippen LogP contribution in [0.15, 0.2) is 0 Å². The van der Waals surface area contributed by atoms with Gasteiger partial charge in [0.05, 0.1) is 5.41 Å². The van der Waals surface area contributed by atoms with E-state index in [9.17, 15) is 22.0 Å². The summed E-state index contributed by atoms with van der Waals surface area (Å²) < 4.78 is 64.7. The molecule has 0 aromatic carbocycles. The van der Waals surface area contributed by atoms with Gasteiger partial charge < -0.3 is 0 Å². The summed E-state index contributed by atoms with van der Waals surface area (Å²) in [6, 6.07) is 0. The molecule has 0 bridgehead atoms. The quantitative estimate of drug-likeness (QED) is 0.619. The Morgan fingerprint density at radius 3 is 1.50 bits per heavy atom. The highest BCUT2D eigenvalue weighted by Crippen LogP contribution is 2.47. The molecule has 0 saturated carbocycles. The van der Waals surface area contributed by atoms with Crippen LogP contribution in [0.25, 0.3) is 0 Å². The number of hydrogen-bond acceptors (Lipinski definition) is 0. The molecule has 0 N–H and O–H groups in total. The molecule has 0 aliphatic heterocycles. The summed E-state index contributed by atoms with van der Waals surface area (Å²) in [6.45, 7) is 6.08. The van der Waals surface area contributed by atoms with Crippen molar-refractivity contribution in [2.24, 2.45) is 17.3 Å². The van der Waals surface area contributed by atoms with Gasteiger partial charge in [-0.05, 0) is 5.92 Å². The van der Waals surface area contributed by atoms with E-state index in [1.165, 1.54) is 6.92 Å². The lowest BCUT2D eigenvalue weighted by Crippen LogP contribution is -2.41. The van der Waals surface area contributed by atoms with Gasteiger partial charge in [0.1, 0.15) is 0 Å². The van der Waals surface area contributed by atoms with Gasteiger partial charge in [0.25, 0.3) is 5.92 Å². The Bertz CT molecular complexity index is 227. The summed E-state index contributed by atoms with van der Waals surface area (Å²) in [5.74, 6) is -4.71. The highest BCUT2D eigenvalue weighted by molar-refractivity contribution is 4.87. The molecule has 0 nitrogen and oxygen atoms in total. The van der Waals surface area contributed by atoms with Crippen molar-refractivity contribution in [1.29, 1.82) is 0 Å². The molecular weight excluding hydrogens is 227 g/mol. The van der Waals surface area contributed by atoms with E-state index < -0.39 is 29.9 Å². The first kappa shape index (κ1) is 15.7. The predicted octanol–water partition coefficient (Wildman–Crippen LogP) is 4.89. The van der Waals surface area contributed by atoms with Crippen molar-refractivity contribution in [2.45, 2.75) is 53.1 Å². The average Bonchev–Trinajstić information content (AvgIpc) is 1.98. The van der Waals surface area contributed by atoms with Gasteiger partial charge in [-0.25, -0.2) is 8.78 Å². The van der Waals surface area contributed by atoms with E-state index in [1.807, 2.05) is 0 Å². The second-order valence-corrected chi connectivity index (χ2v) is 5.35. The van der Waals surface area contributed by atoms with Crippen molar-refractivity contribution in [3.8, 4) is 0 Å². The summed E-state index contributed by atoms with van der Waals surface area (Å²) in [5.41, 5.74) is -2.36. The van der Waals surface area contributed by atoms with E-state index in [2.05, 4.69) is 0 Å². The highest BCUT2D eigenvalue weighted by Gasteiger charge is 2.54. The maximum Gasteiger partial charge on any atom is 0.394 e. The predicted molar refractivity (Wildman–Crippen MR) is 53.4 cm³/mol. The Morgan fingerprint density at radius 1 is 0.875 bits per heavy atom. The fraction of sp³-hybridized carbons (Fsp3) is 1.00. The lowest BCUT2D eigenvalue weighted by molar-refractivity contribution is -0.238. The van der Waals surface area contributed by atoms with Gasteiger partial charge in [-0.1, -0.05) is 34.6 Å². The van der Waals surface area contributed by atoms with Crippen LogP contribution in [0.4, 0.5) is 22.0 Å². The van der Waals surface area contributed by atoms with Crippen molar-refractivity contribution < 1.29 is 22.0 Å². The minimum atomic E-state index is -4.60. The van der Waals surface area contributed by atoms with Gasteiger partial charge in [0, 0.05) is 12.3 Å². The minimum Gasteiger partial charge on any atom is -0.207 e. The molecule has 0 heterocycles.